The van der Waals surface area contributed by atoms with Crippen molar-refractivity contribution in [3.63, 3.8) is 0 Å². The Morgan fingerprint density at radius 3 is 2.71 bits per heavy atom. The van der Waals surface area contributed by atoms with Crippen LogP contribution in [-0.4, -0.2) is 47.7 Å². The number of likely N-dealkylation sites (tertiary alicyclic amines) is 1. The molecule has 1 atom stereocenters. The quantitative estimate of drug-likeness (QED) is 0.628. The van der Waals surface area contributed by atoms with E-state index < -0.39 is 0 Å². The molecule has 1 rings (SSSR count). The Hall–Kier alpha value is -0.610. The first-order valence-electron chi connectivity index (χ1n) is 6.81. The average molecular weight is 242 g/mol. The van der Waals surface area contributed by atoms with Crippen LogP contribution in [0.1, 0.15) is 46.0 Å². The van der Waals surface area contributed by atoms with Crippen molar-refractivity contribution in [2.24, 2.45) is 0 Å². The zero-order chi connectivity index (χ0) is 12.7. The van der Waals surface area contributed by atoms with E-state index in [2.05, 4.69) is 19.2 Å². The first-order valence-corrected chi connectivity index (χ1v) is 6.81. The third kappa shape index (κ3) is 5.04. The number of unbranched alkanes of at least 4 members (excludes halogenated alkanes) is 3. The normalized spacial score (nSPS) is 20.6. The number of amides is 1. The molecule has 0 aromatic rings. The van der Waals surface area contributed by atoms with Crippen molar-refractivity contribution in [3.05, 3.63) is 0 Å². The second-order valence-electron chi connectivity index (χ2n) is 5.13. The number of hydrogen-bond acceptors (Lipinski definition) is 3. The number of carbonyl (C=O) groups is 1. The maximum Gasteiger partial charge on any atom is 0.239 e. The highest BCUT2D eigenvalue weighted by molar-refractivity contribution is 5.83. The van der Waals surface area contributed by atoms with Gasteiger partial charge in [0.25, 0.3) is 0 Å². The van der Waals surface area contributed by atoms with Gasteiger partial charge in [-0.15, -0.1) is 0 Å². The van der Waals surface area contributed by atoms with Crippen molar-refractivity contribution in [3.8, 4) is 0 Å². The number of nitrogens with zero attached hydrogens (tertiary/aromatic N) is 1. The van der Waals surface area contributed by atoms with E-state index in [4.69, 9.17) is 5.11 Å². The predicted molar refractivity (Wildman–Crippen MR) is 68.8 cm³/mol. The SMILES string of the molecule is CC(C)NC1CCN(CCCCCCO)C1=O. The Kier molecular flexibility index (Phi) is 6.52. The Labute approximate surface area is 104 Å². The van der Waals surface area contributed by atoms with Gasteiger partial charge < -0.3 is 15.3 Å². The minimum Gasteiger partial charge on any atom is -0.396 e. The van der Waals surface area contributed by atoms with Gasteiger partial charge in [-0.1, -0.05) is 26.7 Å². The zero-order valence-electron chi connectivity index (χ0n) is 11.1. The van der Waals surface area contributed by atoms with Crippen LogP contribution in [0, 0.1) is 0 Å². The predicted octanol–water partition coefficient (Wildman–Crippen LogP) is 1.14. The molecule has 1 saturated heterocycles. The van der Waals surface area contributed by atoms with Crippen LogP contribution in [0.2, 0.25) is 0 Å². The van der Waals surface area contributed by atoms with Crippen molar-refractivity contribution in [2.45, 2.75) is 58.0 Å². The van der Waals surface area contributed by atoms with Crippen LogP contribution in [0.15, 0.2) is 0 Å². The lowest BCUT2D eigenvalue weighted by atomic mass is 10.2. The summed E-state index contributed by atoms with van der Waals surface area (Å²) < 4.78 is 0. The zero-order valence-corrected chi connectivity index (χ0v) is 11.1. The number of aliphatic hydroxyl groups excluding tert-OH is 1. The van der Waals surface area contributed by atoms with Crippen LogP contribution >= 0.6 is 0 Å². The van der Waals surface area contributed by atoms with E-state index >= 15 is 0 Å². The second-order valence-corrected chi connectivity index (χ2v) is 5.13. The highest BCUT2D eigenvalue weighted by Crippen LogP contribution is 2.13. The minimum atomic E-state index is 0.0347. The minimum absolute atomic E-state index is 0.0347. The summed E-state index contributed by atoms with van der Waals surface area (Å²) in [7, 11) is 0. The van der Waals surface area contributed by atoms with Crippen molar-refractivity contribution in [1.82, 2.24) is 10.2 Å². The third-order valence-corrected chi connectivity index (χ3v) is 3.17. The molecule has 1 heterocycles. The second kappa shape index (κ2) is 7.67. The highest BCUT2D eigenvalue weighted by atomic mass is 16.2. The lowest BCUT2D eigenvalue weighted by Crippen LogP contribution is -2.41. The van der Waals surface area contributed by atoms with Crippen molar-refractivity contribution >= 4 is 5.91 Å². The molecule has 0 aromatic carbocycles. The van der Waals surface area contributed by atoms with Gasteiger partial charge in [-0.25, -0.2) is 0 Å². The van der Waals surface area contributed by atoms with Gasteiger partial charge >= 0.3 is 0 Å². The molecule has 0 radical (unpaired) electrons. The van der Waals surface area contributed by atoms with Crippen molar-refractivity contribution in [1.29, 1.82) is 0 Å². The van der Waals surface area contributed by atoms with E-state index in [9.17, 15) is 4.79 Å². The van der Waals surface area contributed by atoms with Crippen LogP contribution in [0.3, 0.4) is 0 Å². The van der Waals surface area contributed by atoms with E-state index in [-0.39, 0.29) is 18.6 Å². The van der Waals surface area contributed by atoms with Crippen LogP contribution in [0.25, 0.3) is 0 Å². The van der Waals surface area contributed by atoms with Crippen LogP contribution in [-0.2, 0) is 4.79 Å². The highest BCUT2D eigenvalue weighted by Gasteiger charge is 2.30. The van der Waals surface area contributed by atoms with Gasteiger partial charge in [0.15, 0.2) is 0 Å². The fraction of sp³-hybridized carbons (Fsp3) is 0.923. The van der Waals surface area contributed by atoms with E-state index in [1.807, 2.05) is 4.90 Å². The number of hydrogen-bond donors (Lipinski definition) is 2. The molecule has 17 heavy (non-hydrogen) atoms. The Morgan fingerprint density at radius 1 is 1.35 bits per heavy atom. The summed E-state index contributed by atoms with van der Waals surface area (Å²) in [5.74, 6) is 0.265. The van der Waals surface area contributed by atoms with Crippen molar-refractivity contribution in [2.75, 3.05) is 19.7 Å². The summed E-state index contributed by atoms with van der Waals surface area (Å²) in [5, 5.41) is 12.0. The summed E-state index contributed by atoms with van der Waals surface area (Å²) in [6, 6.07) is 0.404. The van der Waals surface area contributed by atoms with Crippen LogP contribution in [0.4, 0.5) is 0 Å². The van der Waals surface area contributed by atoms with Gasteiger partial charge in [0.2, 0.25) is 5.91 Å². The van der Waals surface area contributed by atoms with E-state index in [1.54, 1.807) is 0 Å². The first-order chi connectivity index (χ1) is 8.15. The average Bonchev–Trinajstić information content (AvgIpc) is 2.60. The fourth-order valence-electron chi connectivity index (χ4n) is 2.29. The fourth-order valence-corrected chi connectivity index (χ4v) is 2.29. The van der Waals surface area contributed by atoms with Gasteiger partial charge in [0, 0.05) is 25.7 Å². The van der Waals surface area contributed by atoms with Gasteiger partial charge in [0.05, 0.1) is 6.04 Å². The monoisotopic (exact) mass is 242 g/mol. The van der Waals surface area contributed by atoms with E-state index in [0.29, 0.717) is 6.04 Å². The van der Waals surface area contributed by atoms with Crippen LogP contribution in [0.5, 0.6) is 0 Å². The molecule has 1 amide bonds. The standard InChI is InChI=1S/C13H26N2O2/c1-11(2)14-12-7-9-15(13(12)17)8-5-3-4-6-10-16/h11-12,14,16H,3-10H2,1-2H3. The molecule has 0 bridgehead atoms. The molecule has 0 aromatic heterocycles. The Bertz CT molecular complexity index is 231. The molecule has 4 heteroatoms. The summed E-state index contributed by atoms with van der Waals surface area (Å²) >= 11 is 0. The molecular formula is C13H26N2O2. The van der Waals surface area contributed by atoms with Crippen LogP contribution < -0.4 is 5.32 Å². The summed E-state index contributed by atoms with van der Waals surface area (Å²) in [5.41, 5.74) is 0. The molecule has 4 nitrogen and oxygen atoms in total. The Morgan fingerprint density at radius 2 is 2.06 bits per heavy atom. The molecular weight excluding hydrogens is 216 g/mol. The third-order valence-electron chi connectivity index (χ3n) is 3.17. The van der Waals surface area contributed by atoms with E-state index in [0.717, 1.165) is 45.2 Å². The lowest BCUT2D eigenvalue weighted by Gasteiger charge is -2.18. The molecule has 1 aliphatic rings. The van der Waals surface area contributed by atoms with Gasteiger partial charge in [-0.05, 0) is 19.3 Å². The summed E-state index contributed by atoms with van der Waals surface area (Å²) in [6.07, 6.45) is 5.04. The van der Waals surface area contributed by atoms with Gasteiger partial charge in [-0.3, -0.25) is 4.79 Å². The van der Waals surface area contributed by atoms with E-state index in [1.165, 1.54) is 0 Å². The molecule has 100 valence electrons. The molecule has 0 aliphatic carbocycles. The topological polar surface area (TPSA) is 52.6 Å². The number of nitrogens with one attached hydrogen (secondary N) is 1. The number of carbonyl (C=O) groups excluding carboxylic acids is 1. The largest absolute Gasteiger partial charge is 0.396 e. The smallest absolute Gasteiger partial charge is 0.239 e. The maximum absolute atomic E-state index is 12.0. The lowest BCUT2D eigenvalue weighted by molar-refractivity contribution is -0.129. The first kappa shape index (κ1) is 14.5. The van der Waals surface area contributed by atoms with Gasteiger partial charge in [0.1, 0.15) is 0 Å². The Balaban J connectivity index is 2.16. The summed E-state index contributed by atoms with van der Waals surface area (Å²) in [6.45, 7) is 6.20. The molecule has 1 fully saturated rings. The van der Waals surface area contributed by atoms with Gasteiger partial charge in [-0.2, -0.15) is 0 Å². The molecule has 1 aliphatic heterocycles. The number of aliphatic hydroxyl groups is 1. The molecule has 0 saturated carbocycles. The molecule has 1 unspecified atom stereocenters. The summed E-state index contributed by atoms with van der Waals surface area (Å²) in [4.78, 5) is 14.0. The molecule has 0 spiro atoms. The molecule has 2 N–H and O–H groups in total. The maximum atomic E-state index is 12.0. The number of rotatable bonds is 8. The van der Waals surface area contributed by atoms with Crippen molar-refractivity contribution < 1.29 is 9.90 Å².